The summed E-state index contributed by atoms with van der Waals surface area (Å²) in [5, 5.41) is 6.51. The van der Waals surface area contributed by atoms with Crippen molar-refractivity contribution in [2.24, 2.45) is 5.84 Å². The fourth-order valence-corrected chi connectivity index (χ4v) is 3.62. The molecule has 0 aliphatic carbocycles. The molecule has 3 rings (SSSR count). The second-order valence-electron chi connectivity index (χ2n) is 6.46. The van der Waals surface area contributed by atoms with Gasteiger partial charge in [-0.3, -0.25) is 20.3 Å². The number of nitrogens with two attached hydrogens (primary N) is 1. The van der Waals surface area contributed by atoms with E-state index in [1.54, 1.807) is 30.3 Å². The summed E-state index contributed by atoms with van der Waals surface area (Å²) >= 11 is 9.67. The smallest absolute Gasteiger partial charge is 0.257 e. The van der Waals surface area contributed by atoms with Gasteiger partial charge in [0.1, 0.15) is 0 Å². The molecule has 3 aromatic carbocycles. The highest BCUT2D eigenvalue weighted by atomic mass is 79.9. The first-order chi connectivity index (χ1) is 14.5. The molecule has 8 heteroatoms. The van der Waals surface area contributed by atoms with Crippen molar-refractivity contribution in [2.45, 2.75) is 6.04 Å². The Morgan fingerprint density at radius 1 is 1.00 bits per heavy atom. The van der Waals surface area contributed by atoms with Crippen LogP contribution in [0.15, 0.2) is 77.3 Å². The highest BCUT2D eigenvalue weighted by molar-refractivity contribution is 9.10. The molecular formula is C22H20BrClN4O2. The van der Waals surface area contributed by atoms with E-state index in [1.807, 2.05) is 42.5 Å². The number of carbonyl (C=O) groups is 2. The van der Waals surface area contributed by atoms with Gasteiger partial charge in [-0.25, -0.2) is 5.84 Å². The number of hydrogen-bond acceptors (Lipinski definition) is 4. The summed E-state index contributed by atoms with van der Waals surface area (Å²) in [6.07, 6.45) is 0. The minimum Gasteiger partial charge on any atom is -0.322 e. The van der Waals surface area contributed by atoms with E-state index in [2.05, 4.69) is 32.0 Å². The van der Waals surface area contributed by atoms with Gasteiger partial charge in [0.15, 0.2) is 0 Å². The first kappa shape index (κ1) is 22.0. The maximum absolute atomic E-state index is 12.8. The van der Waals surface area contributed by atoms with Gasteiger partial charge in [0, 0.05) is 10.2 Å². The van der Waals surface area contributed by atoms with Gasteiger partial charge in [-0.05, 0) is 41.5 Å². The van der Waals surface area contributed by atoms with Crippen LogP contribution in [0.5, 0.6) is 0 Å². The lowest BCUT2D eigenvalue weighted by atomic mass is 9.96. The molecule has 3 aromatic rings. The predicted octanol–water partition coefficient (Wildman–Crippen LogP) is 4.02. The molecular weight excluding hydrogens is 468 g/mol. The Morgan fingerprint density at radius 3 is 2.40 bits per heavy atom. The van der Waals surface area contributed by atoms with Crippen LogP contribution in [0.25, 0.3) is 0 Å². The molecule has 1 unspecified atom stereocenters. The summed E-state index contributed by atoms with van der Waals surface area (Å²) in [6.45, 7) is 0.000470. The lowest BCUT2D eigenvalue weighted by molar-refractivity contribution is -0.120. The maximum Gasteiger partial charge on any atom is 0.257 e. The molecule has 0 fully saturated rings. The van der Waals surface area contributed by atoms with Gasteiger partial charge < -0.3 is 5.32 Å². The van der Waals surface area contributed by atoms with Gasteiger partial charge in [-0.2, -0.15) is 0 Å². The van der Waals surface area contributed by atoms with Crippen molar-refractivity contribution in [1.29, 1.82) is 0 Å². The fourth-order valence-electron chi connectivity index (χ4n) is 3.02. The summed E-state index contributed by atoms with van der Waals surface area (Å²) in [7, 11) is 0. The lowest BCUT2D eigenvalue weighted by Crippen LogP contribution is -2.39. The van der Waals surface area contributed by atoms with E-state index in [0.29, 0.717) is 16.3 Å². The standard InChI is InChI=1S/C22H20BrClN4O2/c23-15-10-11-19(27-22(30)16-8-4-5-9-18(16)24)17(12-15)21(26-13-20(29)28-25)14-6-2-1-3-7-14/h1-12,21,26H,13,25H2,(H,27,30)(H,28,29). The maximum atomic E-state index is 12.8. The number of hydrogen-bond donors (Lipinski definition) is 4. The predicted molar refractivity (Wildman–Crippen MR) is 122 cm³/mol. The van der Waals surface area contributed by atoms with Crippen LogP contribution >= 0.6 is 27.5 Å². The van der Waals surface area contributed by atoms with E-state index in [1.165, 1.54) is 0 Å². The molecule has 154 valence electrons. The zero-order valence-electron chi connectivity index (χ0n) is 15.9. The Morgan fingerprint density at radius 2 is 1.70 bits per heavy atom. The Hall–Kier alpha value is -2.71. The van der Waals surface area contributed by atoms with E-state index in [0.717, 1.165) is 15.6 Å². The molecule has 0 radical (unpaired) electrons. The number of halogens is 2. The van der Waals surface area contributed by atoms with Crippen molar-refractivity contribution in [2.75, 3.05) is 11.9 Å². The van der Waals surface area contributed by atoms with Crippen LogP contribution in [-0.4, -0.2) is 18.4 Å². The normalized spacial score (nSPS) is 11.6. The Labute approximate surface area is 187 Å². The van der Waals surface area contributed by atoms with Crippen molar-refractivity contribution in [3.63, 3.8) is 0 Å². The molecule has 0 aliphatic rings. The third-order valence-electron chi connectivity index (χ3n) is 4.45. The van der Waals surface area contributed by atoms with Crippen LogP contribution in [0.2, 0.25) is 5.02 Å². The largest absolute Gasteiger partial charge is 0.322 e. The molecule has 0 saturated heterocycles. The number of anilines is 1. The summed E-state index contributed by atoms with van der Waals surface area (Å²) in [5.74, 6) is 4.54. The number of nitrogens with one attached hydrogen (secondary N) is 3. The van der Waals surface area contributed by atoms with Crippen molar-refractivity contribution in [3.05, 3.63) is 99.0 Å². The Balaban J connectivity index is 1.99. The average molecular weight is 488 g/mol. The number of rotatable bonds is 7. The second-order valence-corrected chi connectivity index (χ2v) is 7.78. The molecule has 0 saturated carbocycles. The molecule has 0 aliphatic heterocycles. The molecule has 1 atom stereocenters. The lowest BCUT2D eigenvalue weighted by Gasteiger charge is -2.23. The number of benzene rings is 3. The van der Waals surface area contributed by atoms with Crippen LogP contribution in [-0.2, 0) is 4.79 Å². The minimum absolute atomic E-state index is 0.000470. The van der Waals surface area contributed by atoms with Gasteiger partial charge in [-0.15, -0.1) is 0 Å². The monoisotopic (exact) mass is 486 g/mol. The van der Waals surface area contributed by atoms with Crippen molar-refractivity contribution >= 4 is 45.0 Å². The third-order valence-corrected chi connectivity index (χ3v) is 5.27. The van der Waals surface area contributed by atoms with Gasteiger partial charge in [-0.1, -0.05) is 70.0 Å². The first-order valence-electron chi connectivity index (χ1n) is 9.12. The third kappa shape index (κ3) is 5.46. The van der Waals surface area contributed by atoms with Gasteiger partial charge in [0.25, 0.3) is 5.91 Å². The van der Waals surface area contributed by atoms with Crippen molar-refractivity contribution in [3.8, 4) is 0 Å². The van der Waals surface area contributed by atoms with E-state index in [-0.39, 0.29) is 24.4 Å². The van der Waals surface area contributed by atoms with Crippen molar-refractivity contribution < 1.29 is 9.59 Å². The van der Waals surface area contributed by atoms with Gasteiger partial charge in [0.05, 0.1) is 23.2 Å². The molecule has 0 heterocycles. The minimum atomic E-state index is -0.373. The zero-order chi connectivity index (χ0) is 21.5. The van der Waals surface area contributed by atoms with Crippen LogP contribution in [0.3, 0.4) is 0 Å². The molecule has 5 N–H and O–H groups in total. The number of carbonyl (C=O) groups excluding carboxylic acids is 2. The highest BCUT2D eigenvalue weighted by Gasteiger charge is 2.20. The highest BCUT2D eigenvalue weighted by Crippen LogP contribution is 2.32. The van der Waals surface area contributed by atoms with E-state index in [9.17, 15) is 9.59 Å². The van der Waals surface area contributed by atoms with Crippen LogP contribution in [0.4, 0.5) is 5.69 Å². The molecule has 0 bridgehead atoms. The van der Waals surface area contributed by atoms with Gasteiger partial charge >= 0.3 is 0 Å². The SMILES string of the molecule is NNC(=O)CNC(c1ccccc1)c1cc(Br)ccc1NC(=O)c1ccccc1Cl. The summed E-state index contributed by atoms with van der Waals surface area (Å²) in [6, 6.07) is 21.6. The number of hydrazine groups is 1. The first-order valence-corrected chi connectivity index (χ1v) is 10.3. The van der Waals surface area contributed by atoms with E-state index in [4.69, 9.17) is 17.4 Å². The molecule has 0 spiro atoms. The van der Waals surface area contributed by atoms with E-state index >= 15 is 0 Å². The number of amides is 2. The zero-order valence-corrected chi connectivity index (χ0v) is 18.2. The molecule has 30 heavy (non-hydrogen) atoms. The van der Waals surface area contributed by atoms with E-state index < -0.39 is 0 Å². The second kappa shape index (κ2) is 10.4. The summed E-state index contributed by atoms with van der Waals surface area (Å²) in [4.78, 5) is 24.6. The van der Waals surface area contributed by atoms with Crippen LogP contribution < -0.4 is 21.9 Å². The van der Waals surface area contributed by atoms with Gasteiger partial charge in [0.2, 0.25) is 5.91 Å². The van der Waals surface area contributed by atoms with Crippen LogP contribution in [0, 0.1) is 0 Å². The molecule has 2 amide bonds. The topological polar surface area (TPSA) is 96.2 Å². The molecule has 6 nitrogen and oxygen atoms in total. The molecule has 0 aromatic heterocycles. The Kier molecular flexibility index (Phi) is 7.59. The summed E-state index contributed by atoms with van der Waals surface area (Å²) in [5.41, 5.74) is 4.79. The van der Waals surface area contributed by atoms with Crippen LogP contribution in [0.1, 0.15) is 27.5 Å². The van der Waals surface area contributed by atoms with Crippen molar-refractivity contribution in [1.82, 2.24) is 10.7 Å². The summed E-state index contributed by atoms with van der Waals surface area (Å²) < 4.78 is 0.833. The Bertz CT molecular complexity index is 1050. The quantitative estimate of drug-likeness (QED) is 0.230. The average Bonchev–Trinajstić information content (AvgIpc) is 2.76. The fraction of sp³-hybridized carbons (Fsp3) is 0.0909.